The second-order valence-electron chi connectivity index (χ2n) is 5.31. The highest BCUT2D eigenvalue weighted by Gasteiger charge is 2.13. The Morgan fingerprint density at radius 2 is 1.71 bits per heavy atom. The zero-order valence-corrected chi connectivity index (χ0v) is 13.7. The van der Waals surface area contributed by atoms with E-state index in [1.165, 1.54) is 0 Å². The summed E-state index contributed by atoms with van der Waals surface area (Å²) in [7, 11) is 0. The molecule has 2 rings (SSSR count). The number of unbranched alkanes of at least 4 members (excludes halogenated alkanes) is 1. The summed E-state index contributed by atoms with van der Waals surface area (Å²) < 4.78 is 5.52. The standard InChI is InChI=1S/C19H22N2O3/c1-2-3-13-20-18(22)14-24-17-12-8-7-11-16(17)19(23)21-15-9-5-4-6-10-15/h4-12H,2-3,13-14H2,1H3,(H,20,22)(H,21,23). The SMILES string of the molecule is CCCCNC(=O)COc1ccccc1C(=O)Nc1ccccc1. The van der Waals surface area contributed by atoms with Crippen LogP contribution in [0.25, 0.3) is 0 Å². The molecule has 0 heterocycles. The molecule has 0 atom stereocenters. The van der Waals surface area contributed by atoms with Gasteiger partial charge in [0, 0.05) is 12.2 Å². The maximum absolute atomic E-state index is 12.4. The van der Waals surface area contributed by atoms with Gasteiger partial charge in [0.25, 0.3) is 11.8 Å². The monoisotopic (exact) mass is 326 g/mol. The Morgan fingerprint density at radius 1 is 1.00 bits per heavy atom. The van der Waals surface area contributed by atoms with Gasteiger partial charge in [0.15, 0.2) is 6.61 Å². The van der Waals surface area contributed by atoms with Crippen molar-refractivity contribution in [2.24, 2.45) is 0 Å². The molecule has 0 aliphatic carbocycles. The van der Waals surface area contributed by atoms with Crippen LogP contribution in [0, 0.1) is 0 Å². The minimum Gasteiger partial charge on any atom is -0.483 e. The van der Waals surface area contributed by atoms with Crippen molar-refractivity contribution in [2.75, 3.05) is 18.5 Å². The summed E-state index contributed by atoms with van der Waals surface area (Å²) in [6.45, 7) is 2.58. The minimum absolute atomic E-state index is 0.112. The van der Waals surface area contributed by atoms with Crippen molar-refractivity contribution in [3.63, 3.8) is 0 Å². The van der Waals surface area contributed by atoms with E-state index in [0.717, 1.165) is 12.8 Å². The van der Waals surface area contributed by atoms with Crippen LogP contribution in [0.3, 0.4) is 0 Å². The largest absolute Gasteiger partial charge is 0.483 e. The normalized spacial score (nSPS) is 10.0. The maximum Gasteiger partial charge on any atom is 0.259 e. The molecule has 5 nitrogen and oxygen atoms in total. The van der Waals surface area contributed by atoms with Gasteiger partial charge in [-0.2, -0.15) is 0 Å². The van der Waals surface area contributed by atoms with Crippen molar-refractivity contribution < 1.29 is 14.3 Å². The van der Waals surface area contributed by atoms with E-state index in [1.807, 2.05) is 30.3 Å². The Kier molecular flexibility index (Phi) is 6.83. The fraction of sp³-hybridized carbons (Fsp3) is 0.263. The van der Waals surface area contributed by atoms with E-state index in [4.69, 9.17) is 4.74 Å². The van der Waals surface area contributed by atoms with Crippen molar-refractivity contribution in [3.8, 4) is 5.75 Å². The van der Waals surface area contributed by atoms with Crippen LogP contribution in [-0.2, 0) is 4.79 Å². The van der Waals surface area contributed by atoms with Gasteiger partial charge in [0.2, 0.25) is 0 Å². The van der Waals surface area contributed by atoms with E-state index < -0.39 is 0 Å². The number of hydrogen-bond acceptors (Lipinski definition) is 3. The molecule has 0 spiro atoms. The zero-order chi connectivity index (χ0) is 17.2. The van der Waals surface area contributed by atoms with Crippen LogP contribution in [-0.4, -0.2) is 25.0 Å². The van der Waals surface area contributed by atoms with Crippen LogP contribution in [0.4, 0.5) is 5.69 Å². The molecule has 0 saturated heterocycles. The molecule has 5 heteroatoms. The van der Waals surface area contributed by atoms with Crippen molar-refractivity contribution in [1.82, 2.24) is 5.32 Å². The Balaban J connectivity index is 1.96. The van der Waals surface area contributed by atoms with Gasteiger partial charge in [-0.3, -0.25) is 9.59 Å². The van der Waals surface area contributed by atoms with Crippen LogP contribution < -0.4 is 15.4 Å². The van der Waals surface area contributed by atoms with Gasteiger partial charge >= 0.3 is 0 Å². The average molecular weight is 326 g/mol. The fourth-order valence-corrected chi connectivity index (χ4v) is 2.10. The second-order valence-corrected chi connectivity index (χ2v) is 5.31. The molecular formula is C19H22N2O3. The van der Waals surface area contributed by atoms with Crippen molar-refractivity contribution >= 4 is 17.5 Å². The number of nitrogens with one attached hydrogen (secondary N) is 2. The van der Waals surface area contributed by atoms with E-state index in [1.54, 1.807) is 24.3 Å². The molecule has 0 radical (unpaired) electrons. The predicted octanol–water partition coefficient (Wildman–Crippen LogP) is 3.23. The molecule has 2 N–H and O–H groups in total. The molecule has 0 saturated carbocycles. The van der Waals surface area contributed by atoms with Crippen molar-refractivity contribution in [2.45, 2.75) is 19.8 Å². The molecule has 0 fully saturated rings. The first kappa shape index (κ1) is 17.5. The first-order chi connectivity index (χ1) is 11.7. The highest BCUT2D eigenvalue weighted by atomic mass is 16.5. The number of anilines is 1. The summed E-state index contributed by atoms with van der Waals surface area (Å²) in [6.07, 6.45) is 1.95. The summed E-state index contributed by atoms with van der Waals surface area (Å²) >= 11 is 0. The Bertz CT molecular complexity index is 671. The van der Waals surface area contributed by atoms with Gasteiger partial charge in [-0.15, -0.1) is 0 Å². The number of ether oxygens (including phenoxy) is 1. The topological polar surface area (TPSA) is 67.4 Å². The number of rotatable bonds is 8. The van der Waals surface area contributed by atoms with Crippen LogP contribution >= 0.6 is 0 Å². The van der Waals surface area contributed by atoms with Crippen LogP contribution in [0.2, 0.25) is 0 Å². The molecule has 2 aromatic carbocycles. The lowest BCUT2D eigenvalue weighted by atomic mass is 10.2. The number of carbonyl (C=O) groups is 2. The molecule has 24 heavy (non-hydrogen) atoms. The Morgan fingerprint density at radius 3 is 2.46 bits per heavy atom. The highest BCUT2D eigenvalue weighted by molar-refractivity contribution is 6.06. The smallest absolute Gasteiger partial charge is 0.259 e. The Labute approximate surface area is 142 Å². The summed E-state index contributed by atoms with van der Waals surface area (Å²) in [5, 5.41) is 5.59. The summed E-state index contributed by atoms with van der Waals surface area (Å²) in [6, 6.07) is 16.1. The second kappa shape index (κ2) is 9.35. The number of hydrogen-bond donors (Lipinski definition) is 2. The molecule has 0 aliphatic rings. The summed E-state index contributed by atoms with van der Waals surface area (Å²) in [5.74, 6) is -0.0820. The van der Waals surface area contributed by atoms with Crippen molar-refractivity contribution in [1.29, 1.82) is 0 Å². The average Bonchev–Trinajstić information content (AvgIpc) is 2.61. The highest BCUT2D eigenvalue weighted by Crippen LogP contribution is 2.19. The fourth-order valence-electron chi connectivity index (χ4n) is 2.10. The van der Waals surface area contributed by atoms with Gasteiger partial charge in [0.1, 0.15) is 5.75 Å². The molecule has 0 bridgehead atoms. The van der Waals surface area contributed by atoms with E-state index >= 15 is 0 Å². The molecule has 2 amide bonds. The van der Waals surface area contributed by atoms with Crippen molar-refractivity contribution in [3.05, 3.63) is 60.2 Å². The molecular weight excluding hydrogens is 304 g/mol. The third-order valence-corrected chi connectivity index (χ3v) is 3.37. The van der Waals surface area contributed by atoms with Gasteiger partial charge in [0.05, 0.1) is 5.56 Å². The maximum atomic E-state index is 12.4. The van der Waals surface area contributed by atoms with Gasteiger partial charge in [-0.05, 0) is 30.7 Å². The third-order valence-electron chi connectivity index (χ3n) is 3.37. The number of para-hydroxylation sites is 2. The van der Waals surface area contributed by atoms with E-state index in [0.29, 0.717) is 23.5 Å². The van der Waals surface area contributed by atoms with Crippen LogP contribution in [0.15, 0.2) is 54.6 Å². The lowest BCUT2D eigenvalue weighted by Crippen LogP contribution is -2.30. The zero-order valence-electron chi connectivity index (χ0n) is 13.7. The number of carbonyl (C=O) groups excluding carboxylic acids is 2. The summed E-state index contributed by atoms with van der Waals surface area (Å²) in [4.78, 5) is 24.1. The van der Waals surface area contributed by atoms with Crippen LogP contribution in [0.1, 0.15) is 30.1 Å². The van der Waals surface area contributed by atoms with Gasteiger partial charge < -0.3 is 15.4 Å². The molecule has 0 aliphatic heterocycles. The molecule has 2 aromatic rings. The van der Waals surface area contributed by atoms with Gasteiger partial charge in [-0.1, -0.05) is 43.7 Å². The lowest BCUT2D eigenvalue weighted by molar-refractivity contribution is -0.123. The first-order valence-electron chi connectivity index (χ1n) is 8.05. The van der Waals surface area contributed by atoms with E-state index in [9.17, 15) is 9.59 Å². The molecule has 0 unspecified atom stereocenters. The quantitative estimate of drug-likeness (QED) is 0.732. The third kappa shape index (κ3) is 5.43. The van der Waals surface area contributed by atoms with E-state index in [-0.39, 0.29) is 18.4 Å². The van der Waals surface area contributed by atoms with Crippen LogP contribution in [0.5, 0.6) is 5.75 Å². The number of amides is 2. The van der Waals surface area contributed by atoms with E-state index in [2.05, 4.69) is 17.6 Å². The van der Waals surface area contributed by atoms with Gasteiger partial charge in [-0.25, -0.2) is 0 Å². The summed E-state index contributed by atoms with van der Waals surface area (Å²) in [5.41, 5.74) is 1.09. The minimum atomic E-state index is -0.275. The molecule has 126 valence electrons. The predicted molar refractivity (Wildman–Crippen MR) is 94.2 cm³/mol. The Hall–Kier alpha value is -2.82. The first-order valence-corrected chi connectivity index (χ1v) is 8.05. The lowest BCUT2D eigenvalue weighted by Gasteiger charge is -2.12. The number of benzene rings is 2. The molecule has 0 aromatic heterocycles.